The van der Waals surface area contributed by atoms with Crippen LogP contribution in [-0.2, 0) is 0 Å². The average Bonchev–Trinajstić information content (AvgIpc) is 2.04. The summed E-state index contributed by atoms with van der Waals surface area (Å²) in [6.45, 7) is 6.55. The summed E-state index contributed by atoms with van der Waals surface area (Å²) in [5.74, 6) is 0. The summed E-state index contributed by atoms with van der Waals surface area (Å²) in [6, 6.07) is 10.3. The first-order valence-electron chi connectivity index (χ1n) is 4.40. The van der Waals surface area contributed by atoms with E-state index in [0.717, 1.165) is 0 Å². The fraction of sp³-hybridized carbons (Fsp3) is 0.364. The Hall–Kier alpha value is -0.760. The van der Waals surface area contributed by atoms with Crippen molar-refractivity contribution >= 4 is 18.2 Å². The van der Waals surface area contributed by atoms with Gasteiger partial charge in [-0.3, -0.25) is 0 Å². The van der Waals surface area contributed by atoms with E-state index in [0.29, 0.717) is 0 Å². The van der Waals surface area contributed by atoms with E-state index in [4.69, 9.17) is 0 Å². The first kappa shape index (κ1) is 10.3. The van der Waals surface area contributed by atoms with E-state index in [2.05, 4.69) is 37.3 Å². The molecule has 0 aliphatic carbocycles. The molecular formula is C11H16NS+. The second-order valence-electron chi connectivity index (χ2n) is 3.89. The van der Waals surface area contributed by atoms with Crippen LogP contribution in [0.25, 0.3) is 0 Å². The van der Waals surface area contributed by atoms with Gasteiger partial charge in [-0.2, -0.15) is 4.40 Å². The van der Waals surface area contributed by atoms with Gasteiger partial charge in [-0.1, -0.05) is 18.2 Å². The Labute approximate surface area is 84.4 Å². The lowest BCUT2D eigenvalue weighted by Gasteiger charge is -2.06. The third-order valence-corrected chi connectivity index (χ3v) is 2.24. The van der Waals surface area contributed by atoms with Crippen molar-refractivity contribution < 1.29 is 4.40 Å². The standard InChI is InChI=1S/C11H15NS/c1-11(2,3)13-12-9-10-7-5-4-6-8-10/h4-9H,1-3H3/p+1/b12-9+. The molecule has 0 aliphatic heterocycles. The van der Waals surface area contributed by atoms with Crippen LogP contribution in [0.1, 0.15) is 26.3 Å². The van der Waals surface area contributed by atoms with Crippen LogP contribution in [0.15, 0.2) is 30.3 Å². The SMILES string of the molecule is CC(C)(C)S/[NH+]=C/c1ccccc1. The number of hydrogen-bond acceptors (Lipinski definition) is 1. The average molecular weight is 194 g/mol. The summed E-state index contributed by atoms with van der Waals surface area (Å²) >= 11 is 1.72. The molecule has 1 aromatic carbocycles. The lowest BCUT2D eigenvalue weighted by atomic mass is 10.2. The normalized spacial score (nSPS) is 12.2. The van der Waals surface area contributed by atoms with Crippen LogP contribution in [-0.4, -0.2) is 11.0 Å². The first-order valence-corrected chi connectivity index (χ1v) is 5.21. The van der Waals surface area contributed by atoms with Crippen molar-refractivity contribution in [3.8, 4) is 0 Å². The Morgan fingerprint density at radius 3 is 2.31 bits per heavy atom. The fourth-order valence-corrected chi connectivity index (χ4v) is 1.37. The zero-order valence-electron chi connectivity index (χ0n) is 8.37. The number of hydrogen-bond donors (Lipinski definition) is 1. The second kappa shape index (κ2) is 4.47. The smallest absolute Gasteiger partial charge is 0.178 e. The van der Waals surface area contributed by atoms with Crippen LogP contribution in [0.5, 0.6) is 0 Å². The van der Waals surface area contributed by atoms with Crippen LogP contribution in [0.4, 0.5) is 0 Å². The summed E-state index contributed by atoms with van der Waals surface area (Å²) in [5.41, 5.74) is 1.21. The van der Waals surface area contributed by atoms with Gasteiger partial charge in [0, 0.05) is 5.56 Å². The maximum Gasteiger partial charge on any atom is 0.182 e. The monoisotopic (exact) mass is 194 g/mol. The van der Waals surface area contributed by atoms with Crippen LogP contribution in [0, 0.1) is 0 Å². The van der Waals surface area contributed by atoms with Crippen LogP contribution in [0.2, 0.25) is 0 Å². The molecule has 0 spiro atoms. The van der Waals surface area contributed by atoms with E-state index in [-0.39, 0.29) is 4.75 Å². The zero-order chi connectivity index (χ0) is 9.73. The molecule has 70 valence electrons. The number of nitrogens with one attached hydrogen (secondary N) is 1. The molecule has 0 aliphatic rings. The largest absolute Gasteiger partial charge is 0.182 e. The van der Waals surface area contributed by atoms with Gasteiger partial charge in [0.25, 0.3) is 0 Å². The number of benzene rings is 1. The molecule has 0 saturated heterocycles. The van der Waals surface area contributed by atoms with Crippen molar-refractivity contribution in [3.05, 3.63) is 35.9 Å². The van der Waals surface area contributed by atoms with Gasteiger partial charge in [-0.05, 0) is 32.9 Å². The maximum atomic E-state index is 3.23. The summed E-state index contributed by atoms with van der Waals surface area (Å²) in [7, 11) is 0. The Morgan fingerprint density at radius 2 is 1.77 bits per heavy atom. The van der Waals surface area contributed by atoms with Gasteiger partial charge >= 0.3 is 0 Å². The number of rotatable bonds is 2. The van der Waals surface area contributed by atoms with E-state index in [1.54, 1.807) is 11.9 Å². The lowest BCUT2D eigenvalue weighted by Crippen LogP contribution is -2.61. The Bertz CT molecular complexity index is 272. The van der Waals surface area contributed by atoms with Crippen LogP contribution >= 0.6 is 11.9 Å². The highest BCUT2D eigenvalue weighted by molar-refractivity contribution is 7.94. The van der Waals surface area contributed by atoms with Gasteiger partial charge in [-0.15, -0.1) is 0 Å². The van der Waals surface area contributed by atoms with E-state index in [1.165, 1.54) is 5.56 Å². The van der Waals surface area contributed by atoms with Crippen molar-refractivity contribution in [3.63, 3.8) is 0 Å². The van der Waals surface area contributed by atoms with Gasteiger partial charge in [-0.25, -0.2) is 0 Å². The van der Waals surface area contributed by atoms with Gasteiger partial charge < -0.3 is 0 Å². The summed E-state index contributed by atoms with van der Waals surface area (Å²) < 4.78 is 3.49. The molecule has 1 N–H and O–H groups in total. The summed E-state index contributed by atoms with van der Waals surface area (Å²) in [5, 5.41) is 0. The van der Waals surface area contributed by atoms with Crippen LogP contribution in [0.3, 0.4) is 0 Å². The van der Waals surface area contributed by atoms with Crippen LogP contribution < -0.4 is 4.40 Å². The minimum Gasteiger partial charge on any atom is -0.178 e. The van der Waals surface area contributed by atoms with E-state index in [1.807, 2.05) is 24.4 Å². The molecular weight excluding hydrogens is 178 g/mol. The third kappa shape index (κ3) is 4.73. The predicted octanol–water partition coefficient (Wildman–Crippen LogP) is 1.63. The molecule has 0 fully saturated rings. The highest BCUT2D eigenvalue weighted by atomic mass is 32.2. The maximum absolute atomic E-state index is 3.23. The van der Waals surface area contributed by atoms with Gasteiger partial charge in [0.05, 0.1) is 4.75 Å². The van der Waals surface area contributed by atoms with Crippen molar-refractivity contribution in [2.75, 3.05) is 0 Å². The molecule has 0 amide bonds. The van der Waals surface area contributed by atoms with E-state index < -0.39 is 0 Å². The molecule has 1 nitrogen and oxygen atoms in total. The van der Waals surface area contributed by atoms with Crippen molar-refractivity contribution in [1.82, 2.24) is 0 Å². The Balaban J connectivity index is 2.51. The minimum absolute atomic E-state index is 0.255. The molecule has 0 aromatic heterocycles. The molecule has 0 atom stereocenters. The first-order chi connectivity index (χ1) is 6.08. The zero-order valence-corrected chi connectivity index (χ0v) is 9.19. The van der Waals surface area contributed by atoms with Crippen molar-refractivity contribution in [2.24, 2.45) is 0 Å². The van der Waals surface area contributed by atoms with Crippen molar-refractivity contribution in [2.45, 2.75) is 25.5 Å². The predicted molar refractivity (Wildman–Crippen MR) is 59.9 cm³/mol. The highest BCUT2D eigenvalue weighted by Gasteiger charge is 2.14. The van der Waals surface area contributed by atoms with Gasteiger partial charge in [0.2, 0.25) is 0 Å². The molecule has 0 bridgehead atoms. The Kier molecular flexibility index (Phi) is 3.55. The fourth-order valence-electron chi connectivity index (χ4n) is 0.824. The van der Waals surface area contributed by atoms with Crippen molar-refractivity contribution in [1.29, 1.82) is 0 Å². The quantitative estimate of drug-likeness (QED) is 0.558. The topological polar surface area (TPSA) is 14.0 Å². The molecule has 1 aromatic rings. The summed E-state index contributed by atoms with van der Waals surface area (Å²) in [4.78, 5) is 0. The summed E-state index contributed by atoms with van der Waals surface area (Å²) in [6.07, 6.45) is 2.02. The highest BCUT2D eigenvalue weighted by Crippen LogP contribution is 2.13. The molecule has 0 heterocycles. The Morgan fingerprint density at radius 1 is 1.15 bits per heavy atom. The lowest BCUT2D eigenvalue weighted by molar-refractivity contribution is -0.238. The third-order valence-electron chi connectivity index (χ3n) is 1.39. The van der Waals surface area contributed by atoms with E-state index >= 15 is 0 Å². The van der Waals surface area contributed by atoms with Gasteiger partial charge in [0.1, 0.15) is 0 Å². The molecule has 1 rings (SSSR count). The molecule has 0 unspecified atom stereocenters. The molecule has 0 saturated carbocycles. The molecule has 13 heavy (non-hydrogen) atoms. The minimum atomic E-state index is 0.255. The van der Waals surface area contributed by atoms with Gasteiger partial charge in [0.15, 0.2) is 18.2 Å². The molecule has 2 heteroatoms. The molecule has 0 radical (unpaired) electrons. The second-order valence-corrected chi connectivity index (χ2v) is 5.55. The van der Waals surface area contributed by atoms with E-state index in [9.17, 15) is 0 Å².